The molecule has 2 aliphatic heterocycles. The van der Waals surface area contributed by atoms with Crippen LogP contribution in [-0.2, 0) is 0 Å². The number of nitrogens with zero attached hydrogens (tertiary/aromatic N) is 5. The van der Waals surface area contributed by atoms with E-state index < -0.39 is 0 Å². The van der Waals surface area contributed by atoms with E-state index in [9.17, 15) is 0 Å². The summed E-state index contributed by atoms with van der Waals surface area (Å²) < 4.78 is 0. The van der Waals surface area contributed by atoms with Crippen molar-refractivity contribution >= 4 is 11.8 Å². The van der Waals surface area contributed by atoms with Gasteiger partial charge in [-0.3, -0.25) is 0 Å². The Morgan fingerprint density at radius 2 is 1.73 bits per heavy atom. The van der Waals surface area contributed by atoms with Gasteiger partial charge in [-0.2, -0.15) is 4.98 Å². The van der Waals surface area contributed by atoms with Gasteiger partial charge in [0.15, 0.2) is 0 Å². The van der Waals surface area contributed by atoms with E-state index in [-0.39, 0.29) is 0 Å². The summed E-state index contributed by atoms with van der Waals surface area (Å²) in [6.07, 6.45) is 8.62. The van der Waals surface area contributed by atoms with Crippen LogP contribution < -0.4 is 9.80 Å². The summed E-state index contributed by atoms with van der Waals surface area (Å²) in [7, 11) is 4.09. The number of hydrogen-bond donors (Lipinski definition) is 0. The molecule has 0 spiro atoms. The van der Waals surface area contributed by atoms with Crippen LogP contribution in [0.1, 0.15) is 37.7 Å². The standard InChI is InChI=1S/C17H29N5/c1-14-13-18-17(19-16(14)20(2)3)22-11-7-15(8-12-22)21-9-5-4-6-10-21/h13,15H,4-12H2,1-3H3. The van der Waals surface area contributed by atoms with Crippen molar-refractivity contribution in [2.75, 3.05) is 50.1 Å². The molecule has 0 bridgehead atoms. The minimum absolute atomic E-state index is 0.773. The number of anilines is 2. The highest BCUT2D eigenvalue weighted by Crippen LogP contribution is 2.24. The maximum Gasteiger partial charge on any atom is 0.227 e. The van der Waals surface area contributed by atoms with Crippen molar-refractivity contribution in [2.45, 2.75) is 45.1 Å². The molecule has 1 aromatic heterocycles. The molecule has 1 aromatic rings. The fourth-order valence-electron chi connectivity index (χ4n) is 3.74. The Balaban J connectivity index is 1.62. The van der Waals surface area contributed by atoms with Crippen LogP contribution >= 0.6 is 0 Å². The monoisotopic (exact) mass is 303 g/mol. The second-order valence-electron chi connectivity index (χ2n) is 6.89. The molecule has 0 aliphatic carbocycles. The van der Waals surface area contributed by atoms with E-state index in [0.717, 1.165) is 36.5 Å². The number of hydrogen-bond acceptors (Lipinski definition) is 5. The van der Waals surface area contributed by atoms with Crippen molar-refractivity contribution in [2.24, 2.45) is 0 Å². The highest BCUT2D eigenvalue weighted by molar-refractivity contribution is 5.48. The van der Waals surface area contributed by atoms with Crippen LogP contribution in [0.3, 0.4) is 0 Å². The van der Waals surface area contributed by atoms with Gasteiger partial charge in [-0.05, 0) is 45.7 Å². The van der Waals surface area contributed by atoms with Crippen LogP contribution in [0.25, 0.3) is 0 Å². The highest BCUT2D eigenvalue weighted by atomic mass is 15.3. The summed E-state index contributed by atoms with van der Waals surface area (Å²) >= 11 is 0. The van der Waals surface area contributed by atoms with E-state index >= 15 is 0 Å². The maximum atomic E-state index is 4.76. The molecule has 0 N–H and O–H groups in total. The van der Waals surface area contributed by atoms with Crippen molar-refractivity contribution in [1.82, 2.24) is 14.9 Å². The molecule has 2 saturated heterocycles. The van der Waals surface area contributed by atoms with Gasteiger partial charge in [0.1, 0.15) is 5.82 Å². The largest absolute Gasteiger partial charge is 0.362 e. The van der Waals surface area contributed by atoms with Crippen LogP contribution in [0, 0.1) is 6.92 Å². The zero-order chi connectivity index (χ0) is 15.5. The zero-order valence-corrected chi connectivity index (χ0v) is 14.3. The molecule has 0 saturated carbocycles. The average Bonchev–Trinajstić information content (AvgIpc) is 2.56. The summed E-state index contributed by atoms with van der Waals surface area (Å²) in [4.78, 5) is 16.5. The number of rotatable bonds is 3. The van der Waals surface area contributed by atoms with E-state index in [1.165, 1.54) is 45.2 Å². The molecule has 3 rings (SSSR count). The Kier molecular flexibility index (Phi) is 4.81. The first-order valence-corrected chi connectivity index (χ1v) is 8.65. The Labute approximate surface area is 134 Å². The highest BCUT2D eigenvalue weighted by Gasteiger charge is 2.26. The van der Waals surface area contributed by atoms with Crippen molar-refractivity contribution < 1.29 is 0 Å². The molecular weight excluding hydrogens is 274 g/mol. The van der Waals surface area contributed by atoms with E-state index in [4.69, 9.17) is 4.98 Å². The third-order valence-electron chi connectivity index (χ3n) is 5.01. The van der Waals surface area contributed by atoms with Gasteiger partial charge in [0.2, 0.25) is 5.95 Å². The lowest BCUT2D eigenvalue weighted by atomic mass is 10.0. The summed E-state index contributed by atoms with van der Waals surface area (Å²) in [6.45, 7) is 6.84. The SMILES string of the molecule is Cc1cnc(N2CCC(N3CCCCC3)CC2)nc1N(C)C. The Morgan fingerprint density at radius 1 is 1.05 bits per heavy atom. The van der Waals surface area contributed by atoms with Gasteiger partial charge < -0.3 is 14.7 Å². The first kappa shape index (κ1) is 15.5. The van der Waals surface area contributed by atoms with Crippen LogP contribution in [-0.4, -0.2) is 61.2 Å². The average molecular weight is 303 g/mol. The Hall–Kier alpha value is -1.36. The van der Waals surface area contributed by atoms with Crippen molar-refractivity contribution in [1.29, 1.82) is 0 Å². The third-order valence-corrected chi connectivity index (χ3v) is 5.01. The molecule has 0 aromatic carbocycles. The fourth-order valence-corrected chi connectivity index (χ4v) is 3.74. The van der Waals surface area contributed by atoms with Gasteiger partial charge in [0.05, 0.1) is 0 Å². The lowest BCUT2D eigenvalue weighted by Gasteiger charge is -2.40. The quantitative estimate of drug-likeness (QED) is 0.856. The summed E-state index contributed by atoms with van der Waals surface area (Å²) in [6, 6.07) is 0.773. The van der Waals surface area contributed by atoms with Gasteiger partial charge in [0.25, 0.3) is 0 Å². The van der Waals surface area contributed by atoms with Gasteiger partial charge >= 0.3 is 0 Å². The van der Waals surface area contributed by atoms with Crippen molar-refractivity contribution in [3.05, 3.63) is 11.8 Å². The predicted molar refractivity (Wildman–Crippen MR) is 91.8 cm³/mol. The first-order valence-electron chi connectivity index (χ1n) is 8.65. The number of aromatic nitrogens is 2. The van der Waals surface area contributed by atoms with Crippen molar-refractivity contribution in [3.8, 4) is 0 Å². The normalized spacial score (nSPS) is 21.1. The second kappa shape index (κ2) is 6.82. The third kappa shape index (κ3) is 3.35. The van der Waals surface area contributed by atoms with Crippen LogP contribution in [0.4, 0.5) is 11.8 Å². The van der Waals surface area contributed by atoms with Crippen LogP contribution in [0.5, 0.6) is 0 Å². The van der Waals surface area contributed by atoms with E-state index in [1.54, 1.807) is 0 Å². The molecule has 0 amide bonds. The molecule has 5 heteroatoms. The van der Waals surface area contributed by atoms with Gasteiger partial charge in [0, 0.05) is 45.0 Å². The van der Waals surface area contributed by atoms with Gasteiger partial charge in [-0.25, -0.2) is 4.98 Å². The molecule has 3 heterocycles. The van der Waals surface area contributed by atoms with Crippen LogP contribution in [0.2, 0.25) is 0 Å². The molecule has 22 heavy (non-hydrogen) atoms. The van der Waals surface area contributed by atoms with Crippen molar-refractivity contribution in [3.63, 3.8) is 0 Å². The Bertz CT molecular complexity index is 488. The molecule has 0 atom stereocenters. The molecule has 5 nitrogen and oxygen atoms in total. The number of aryl methyl sites for hydroxylation is 1. The van der Waals surface area contributed by atoms with E-state index in [1.807, 2.05) is 20.3 Å². The number of likely N-dealkylation sites (tertiary alicyclic amines) is 1. The second-order valence-corrected chi connectivity index (χ2v) is 6.89. The predicted octanol–water partition coefficient (Wildman–Crippen LogP) is 2.31. The van der Waals surface area contributed by atoms with E-state index in [2.05, 4.69) is 26.6 Å². The summed E-state index contributed by atoms with van der Waals surface area (Å²) in [5, 5.41) is 0. The summed E-state index contributed by atoms with van der Waals surface area (Å²) in [5.41, 5.74) is 1.14. The lowest BCUT2D eigenvalue weighted by Crippen LogP contribution is -2.47. The smallest absolute Gasteiger partial charge is 0.227 e. The minimum Gasteiger partial charge on any atom is -0.362 e. The fraction of sp³-hybridized carbons (Fsp3) is 0.765. The minimum atomic E-state index is 0.773. The Morgan fingerprint density at radius 3 is 2.36 bits per heavy atom. The molecule has 0 radical (unpaired) electrons. The summed E-state index contributed by atoms with van der Waals surface area (Å²) in [5.74, 6) is 1.93. The topological polar surface area (TPSA) is 35.5 Å². The molecule has 0 unspecified atom stereocenters. The lowest BCUT2D eigenvalue weighted by molar-refractivity contribution is 0.141. The zero-order valence-electron chi connectivity index (χ0n) is 14.3. The first-order chi connectivity index (χ1) is 10.6. The van der Waals surface area contributed by atoms with E-state index in [0.29, 0.717) is 0 Å². The molecular formula is C17H29N5. The molecule has 2 fully saturated rings. The maximum absolute atomic E-state index is 4.76. The molecule has 122 valence electrons. The van der Waals surface area contributed by atoms with Crippen LogP contribution in [0.15, 0.2) is 6.20 Å². The molecule has 2 aliphatic rings. The van der Waals surface area contributed by atoms with Gasteiger partial charge in [-0.1, -0.05) is 6.42 Å². The van der Waals surface area contributed by atoms with Gasteiger partial charge in [-0.15, -0.1) is 0 Å². The number of piperidine rings is 2.